The van der Waals surface area contributed by atoms with E-state index in [2.05, 4.69) is 6.58 Å². The van der Waals surface area contributed by atoms with E-state index in [1.807, 2.05) is 0 Å². The number of benzene rings is 2. The summed E-state index contributed by atoms with van der Waals surface area (Å²) in [5, 5.41) is 0. The maximum absolute atomic E-state index is 13.0. The standard InChI is InChI=1S/C21H18F3NO2/c1-3-6-17-19(14-9-11-15(12-10-14)21(22,23)24)25(13(2)26)18-8-5-4-7-16(18)20(17)27/h3-5,7-12,17,19H,1,6H2,2H3/t17-,19-/m0/s1. The van der Waals surface area contributed by atoms with E-state index in [0.717, 1.165) is 12.1 Å². The number of fused-ring (bicyclic) bond motifs is 1. The number of rotatable bonds is 3. The molecule has 3 rings (SSSR count). The minimum absolute atomic E-state index is 0.145. The van der Waals surface area contributed by atoms with E-state index in [9.17, 15) is 22.8 Å². The van der Waals surface area contributed by atoms with E-state index in [0.29, 0.717) is 23.2 Å². The predicted molar refractivity (Wildman–Crippen MR) is 96.4 cm³/mol. The lowest BCUT2D eigenvalue weighted by molar-refractivity contribution is -0.137. The van der Waals surface area contributed by atoms with Crippen molar-refractivity contribution in [2.24, 2.45) is 5.92 Å². The Hall–Kier alpha value is -2.89. The van der Waals surface area contributed by atoms with Crippen molar-refractivity contribution in [2.45, 2.75) is 25.6 Å². The average Bonchev–Trinajstić information content (AvgIpc) is 2.63. The second-order valence-electron chi connectivity index (χ2n) is 6.47. The van der Waals surface area contributed by atoms with Crippen molar-refractivity contribution in [3.63, 3.8) is 0 Å². The fraction of sp³-hybridized carbons (Fsp3) is 0.238. The molecule has 0 radical (unpaired) electrons. The number of hydrogen-bond acceptors (Lipinski definition) is 2. The molecule has 1 aliphatic heterocycles. The minimum atomic E-state index is -4.45. The van der Waals surface area contributed by atoms with Gasteiger partial charge in [-0.15, -0.1) is 6.58 Å². The number of nitrogens with zero attached hydrogens (tertiary/aromatic N) is 1. The molecule has 0 N–H and O–H groups in total. The highest BCUT2D eigenvalue weighted by atomic mass is 19.4. The van der Waals surface area contributed by atoms with Crippen LogP contribution < -0.4 is 4.90 Å². The lowest BCUT2D eigenvalue weighted by Crippen LogP contribution is -2.44. The second-order valence-corrected chi connectivity index (χ2v) is 6.47. The number of carbonyl (C=O) groups is 2. The van der Waals surface area contributed by atoms with Gasteiger partial charge in [-0.3, -0.25) is 9.59 Å². The summed E-state index contributed by atoms with van der Waals surface area (Å²) in [5.74, 6) is -1.04. The molecule has 0 aliphatic carbocycles. The summed E-state index contributed by atoms with van der Waals surface area (Å²) in [6.45, 7) is 5.07. The first-order valence-electron chi connectivity index (χ1n) is 8.46. The van der Waals surface area contributed by atoms with Gasteiger partial charge in [0.1, 0.15) is 0 Å². The van der Waals surface area contributed by atoms with Gasteiger partial charge in [0, 0.05) is 12.5 Å². The topological polar surface area (TPSA) is 37.4 Å². The maximum atomic E-state index is 13.0. The van der Waals surface area contributed by atoms with E-state index < -0.39 is 23.7 Å². The Morgan fingerprint density at radius 3 is 2.33 bits per heavy atom. The monoisotopic (exact) mass is 373 g/mol. The van der Waals surface area contributed by atoms with E-state index in [1.165, 1.54) is 24.0 Å². The molecule has 0 unspecified atom stereocenters. The van der Waals surface area contributed by atoms with Crippen molar-refractivity contribution >= 4 is 17.4 Å². The van der Waals surface area contributed by atoms with E-state index in [1.54, 1.807) is 30.3 Å². The third-order valence-electron chi connectivity index (χ3n) is 4.76. The van der Waals surface area contributed by atoms with E-state index in [-0.39, 0.29) is 11.7 Å². The first-order valence-corrected chi connectivity index (χ1v) is 8.46. The highest BCUT2D eigenvalue weighted by molar-refractivity contribution is 6.10. The molecule has 0 bridgehead atoms. The Morgan fingerprint density at radius 2 is 1.78 bits per heavy atom. The van der Waals surface area contributed by atoms with Crippen LogP contribution in [0.15, 0.2) is 61.2 Å². The van der Waals surface area contributed by atoms with Gasteiger partial charge in [-0.05, 0) is 36.2 Å². The molecule has 0 aromatic heterocycles. The summed E-state index contributed by atoms with van der Waals surface area (Å²) in [5.41, 5.74) is 0.610. The summed E-state index contributed by atoms with van der Waals surface area (Å²) in [6.07, 6.45) is -2.55. The zero-order chi connectivity index (χ0) is 19.8. The van der Waals surface area contributed by atoms with Gasteiger partial charge in [-0.25, -0.2) is 0 Å². The molecule has 2 atom stereocenters. The third kappa shape index (κ3) is 3.39. The molecule has 1 aliphatic rings. The lowest BCUT2D eigenvalue weighted by Gasteiger charge is -2.41. The maximum Gasteiger partial charge on any atom is 0.416 e. The van der Waals surface area contributed by atoms with Crippen LogP contribution in [0.3, 0.4) is 0 Å². The summed E-state index contributed by atoms with van der Waals surface area (Å²) in [4.78, 5) is 26.9. The van der Waals surface area contributed by atoms with Crippen LogP contribution in [-0.2, 0) is 11.0 Å². The van der Waals surface area contributed by atoms with Crippen LogP contribution in [0.1, 0.15) is 40.9 Å². The number of halogens is 3. The van der Waals surface area contributed by atoms with Crippen molar-refractivity contribution in [1.29, 1.82) is 0 Å². The SMILES string of the molecule is C=CC[C@@H]1C(=O)c2ccccc2N(C(C)=O)[C@H]1c1ccc(C(F)(F)F)cc1. The molecule has 2 aromatic carbocycles. The molecule has 140 valence electrons. The number of amides is 1. The zero-order valence-electron chi connectivity index (χ0n) is 14.7. The Labute approximate surface area is 155 Å². The van der Waals surface area contributed by atoms with Gasteiger partial charge in [0.2, 0.25) is 5.91 Å². The van der Waals surface area contributed by atoms with E-state index >= 15 is 0 Å². The first kappa shape index (κ1) is 18.9. The van der Waals surface area contributed by atoms with Crippen molar-refractivity contribution in [2.75, 3.05) is 4.90 Å². The van der Waals surface area contributed by atoms with Crippen LogP contribution in [-0.4, -0.2) is 11.7 Å². The van der Waals surface area contributed by atoms with Crippen molar-refractivity contribution in [3.05, 3.63) is 77.9 Å². The highest BCUT2D eigenvalue weighted by Gasteiger charge is 2.42. The van der Waals surface area contributed by atoms with E-state index in [4.69, 9.17) is 0 Å². The van der Waals surface area contributed by atoms with Crippen molar-refractivity contribution in [3.8, 4) is 0 Å². The van der Waals surface area contributed by atoms with Gasteiger partial charge in [0.15, 0.2) is 5.78 Å². The quantitative estimate of drug-likeness (QED) is 0.695. The molecular weight excluding hydrogens is 355 g/mol. The van der Waals surface area contributed by atoms with Gasteiger partial charge >= 0.3 is 6.18 Å². The fourth-order valence-corrected chi connectivity index (χ4v) is 3.60. The predicted octanol–water partition coefficient (Wildman–Crippen LogP) is 5.19. The Kier molecular flexibility index (Phi) is 4.91. The molecule has 3 nitrogen and oxygen atoms in total. The second kappa shape index (κ2) is 7.02. The Balaban J connectivity index is 2.16. The molecular formula is C21H18F3NO2. The molecule has 1 heterocycles. The number of allylic oxidation sites excluding steroid dienone is 1. The average molecular weight is 373 g/mol. The minimum Gasteiger partial charge on any atom is -0.304 e. The van der Waals surface area contributed by atoms with Crippen LogP contribution in [0.5, 0.6) is 0 Å². The lowest BCUT2D eigenvalue weighted by atomic mass is 9.79. The molecule has 0 fully saturated rings. The van der Waals surface area contributed by atoms with Crippen LogP contribution in [0, 0.1) is 5.92 Å². The molecule has 27 heavy (non-hydrogen) atoms. The largest absolute Gasteiger partial charge is 0.416 e. The Bertz CT molecular complexity index is 887. The number of anilines is 1. The van der Waals surface area contributed by atoms with Crippen LogP contribution in [0.4, 0.5) is 18.9 Å². The Morgan fingerprint density at radius 1 is 1.15 bits per heavy atom. The smallest absolute Gasteiger partial charge is 0.304 e. The zero-order valence-corrected chi connectivity index (χ0v) is 14.7. The molecule has 1 amide bonds. The highest BCUT2D eigenvalue weighted by Crippen LogP contribution is 2.44. The molecule has 0 saturated heterocycles. The summed E-state index contributed by atoms with van der Waals surface area (Å²) < 4.78 is 38.7. The van der Waals surface area contributed by atoms with Gasteiger partial charge in [-0.2, -0.15) is 13.2 Å². The van der Waals surface area contributed by atoms with Gasteiger partial charge in [0.25, 0.3) is 0 Å². The summed E-state index contributed by atoms with van der Waals surface area (Å²) >= 11 is 0. The fourth-order valence-electron chi connectivity index (χ4n) is 3.60. The number of alkyl halides is 3. The molecule has 6 heteroatoms. The number of hydrogen-bond donors (Lipinski definition) is 0. The van der Waals surface area contributed by atoms with Crippen LogP contribution in [0.2, 0.25) is 0 Å². The third-order valence-corrected chi connectivity index (χ3v) is 4.76. The summed E-state index contributed by atoms with van der Waals surface area (Å²) in [7, 11) is 0. The van der Waals surface area contributed by atoms with Gasteiger partial charge in [-0.1, -0.05) is 30.3 Å². The normalized spacial score (nSPS) is 19.6. The molecule has 2 aromatic rings. The van der Waals surface area contributed by atoms with Gasteiger partial charge < -0.3 is 4.90 Å². The van der Waals surface area contributed by atoms with Crippen molar-refractivity contribution < 1.29 is 22.8 Å². The van der Waals surface area contributed by atoms with Crippen molar-refractivity contribution in [1.82, 2.24) is 0 Å². The van der Waals surface area contributed by atoms with Gasteiger partial charge in [0.05, 0.1) is 23.2 Å². The van der Waals surface area contributed by atoms with Crippen LogP contribution in [0.25, 0.3) is 0 Å². The first-order chi connectivity index (χ1) is 12.8. The summed E-state index contributed by atoms with van der Waals surface area (Å²) in [6, 6.07) is 10.7. The molecule has 0 spiro atoms. The molecule has 0 saturated carbocycles. The number of ketones is 1. The number of para-hydroxylation sites is 1. The number of carbonyl (C=O) groups excluding carboxylic acids is 2. The number of Topliss-reactive ketones (excluding diaryl/α,β-unsaturated/α-hetero) is 1. The van der Waals surface area contributed by atoms with Crippen LogP contribution >= 0.6 is 0 Å².